The van der Waals surface area contributed by atoms with E-state index in [1.165, 1.54) is 13.8 Å². The van der Waals surface area contributed by atoms with E-state index in [0.717, 1.165) is 0 Å². The van der Waals surface area contributed by atoms with Crippen molar-refractivity contribution < 1.29 is 9.53 Å². The summed E-state index contributed by atoms with van der Waals surface area (Å²) in [5.41, 5.74) is 2.66. The summed E-state index contributed by atoms with van der Waals surface area (Å²) >= 11 is 0. The normalized spacial score (nSPS) is 25.4. The highest BCUT2D eigenvalue weighted by molar-refractivity contribution is 5.88. The van der Waals surface area contributed by atoms with Crippen molar-refractivity contribution in [2.24, 2.45) is 11.1 Å². The van der Waals surface area contributed by atoms with E-state index >= 15 is 0 Å². The molecule has 0 saturated heterocycles. The van der Waals surface area contributed by atoms with Gasteiger partial charge in [0.05, 0.1) is 23.6 Å². The Kier molecular flexibility index (Phi) is 3.83. The van der Waals surface area contributed by atoms with Crippen LogP contribution in [0.2, 0.25) is 0 Å². The van der Waals surface area contributed by atoms with Gasteiger partial charge >= 0.3 is 0 Å². The molecule has 2 rings (SSSR count). The Morgan fingerprint density at radius 2 is 1.78 bits per heavy atom. The van der Waals surface area contributed by atoms with E-state index in [0.29, 0.717) is 5.56 Å². The molecule has 0 saturated carbocycles. The molecule has 0 spiro atoms. The summed E-state index contributed by atoms with van der Waals surface area (Å²) in [5, 5.41) is 29.0. The van der Waals surface area contributed by atoms with Gasteiger partial charge in [0.2, 0.25) is 5.41 Å². The van der Waals surface area contributed by atoms with Gasteiger partial charge in [-0.25, -0.2) is 0 Å². The molecule has 1 aromatic rings. The first-order valence-corrected chi connectivity index (χ1v) is 6.85. The molecule has 0 aliphatic carbocycles. The van der Waals surface area contributed by atoms with Gasteiger partial charge in [-0.2, -0.15) is 15.8 Å². The maximum absolute atomic E-state index is 12.2. The lowest BCUT2D eigenvalue weighted by Gasteiger charge is -2.45. The average Bonchev–Trinajstić information content (AvgIpc) is 2.55. The van der Waals surface area contributed by atoms with Crippen LogP contribution in [0.1, 0.15) is 25.3 Å². The predicted octanol–water partition coefficient (Wildman–Crippen LogP) is 1.88. The number of allylic oxidation sites excluding steroid dienone is 1. The second-order valence-corrected chi connectivity index (χ2v) is 5.46. The van der Waals surface area contributed by atoms with Crippen molar-refractivity contribution in [3.63, 3.8) is 0 Å². The molecule has 6 heteroatoms. The van der Waals surface area contributed by atoms with Gasteiger partial charge in [-0.05, 0) is 19.4 Å². The highest BCUT2D eigenvalue weighted by atomic mass is 16.5. The number of Topliss-reactive ketones (excluding diaryl/α,β-unsaturated/α-hetero) is 1. The quantitative estimate of drug-likeness (QED) is 0.889. The molecule has 0 amide bonds. The first kappa shape index (κ1) is 16.1. The third-order valence-corrected chi connectivity index (χ3v) is 4.33. The van der Waals surface area contributed by atoms with Crippen LogP contribution in [-0.4, -0.2) is 11.4 Å². The number of hydrogen-bond donors (Lipinski definition) is 1. The van der Waals surface area contributed by atoms with Gasteiger partial charge in [0.25, 0.3) is 0 Å². The maximum atomic E-state index is 12.2. The average molecular weight is 306 g/mol. The van der Waals surface area contributed by atoms with Crippen LogP contribution in [0.4, 0.5) is 0 Å². The largest absolute Gasteiger partial charge is 0.461 e. The molecule has 0 unspecified atom stereocenters. The second kappa shape index (κ2) is 5.48. The summed E-state index contributed by atoms with van der Waals surface area (Å²) in [6, 6.07) is 14.4. The number of nitriles is 3. The third kappa shape index (κ3) is 2.03. The van der Waals surface area contributed by atoms with Crippen LogP contribution in [0.15, 0.2) is 41.8 Å². The molecule has 114 valence electrons. The molecule has 1 aliphatic rings. The Balaban J connectivity index is 2.90. The van der Waals surface area contributed by atoms with E-state index in [1.54, 1.807) is 30.3 Å². The van der Waals surface area contributed by atoms with Gasteiger partial charge in [0, 0.05) is 0 Å². The van der Waals surface area contributed by atoms with E-state index in [-0.39, 0.29) is 11.5 Å². The fourth-order valence-corrected chi connectivity index (χ4v) is 2.89. The molecule has 0 bridgehead atoms. The molecule has 0 fully saturated rings. The summed E-state index contributed by atoms with van der Waals surface area (Å²) in [4.78, 5) is 12.2. The first-order chi connectivity index (χ1) is 10.9. The van der Waals surface area contributed by atoms with Crippen molar-refractivity contribution in [3.8, 4) is 18.2 Å². The molecule has 1 aliphatic heterocycles. The zero-order chi connectivity index (χ0) is 17.3. The van der Waals surface area contributed by atoms with Crippen molar-refractivity contribution in [2.75, 3.05) is 0 Å². The lowest BCUT2D eigenvalue weighted by Crippen LogP contribution is -2.58. The highest BCUT2D eigenvalue weighted by Gasteiger charge is 2.64. The SMILES string of the molecule is CC(=O)[C@]1(C)OC(N)=C(C#N)[C@H](c2ccccc2)C1(C#N)C#N. The minimum absolute atomic E-state index is 0.0296. The van der Waals surface area contributed by atoms with E-state index < -0.39 is 22.7 Å². The van der Waals surface area contributed by atoms with Crippen molar-refractivity contribution in [1.29, 1.82) is 15.8 Å². The summed E-state index contributed by atoms with van der Waals surface area (Å²) in [5.74, 6) is -1.73. The lowest BCUT2D eigenvalue weighted by atomic mass is 9.59. The molecule has 0 aromatic heterocycles. The van der Waals surface area contributed by atoms with Crippen molar-refractivity contribution in [2.45, 2.75) is 25.4 Å². The molecule has 1 aromatic carbocycles. The fraction of sp³-hybridized carbons (Fsp3) is 0.294. The number of hydrogen-bond acceptors (Lipinski definition) is 6. The van der Waals surface area contributed by atoms with Crippen molar-refractivity contribution in [3.05, 3.63) is 47.4 Å². The van der Waals surface area contributed by atoms with Gasteiger partial charge in [-0.3, -0.25) is 4.79 Å². The molecule has 2 N–H and O–H groups in total. The summed E-state index contributed by atoms with van der Waals surface area (Å²) < 4.78 is 5.43. The van der Waals surface area contributed by atoms with Crippen LogP contribution >= 0.6 is 0 Å². The maximum Gasteiger partial charge on any atom is 0.201 e. The second-order valence-electron chi connectivity index (χ2n) is 5.46. The molecular formula is C17H14N4O2. The molecule has 0 radical (unpaired) electrons. The minimum Gasteiger partial charge on any atom is -0.461 e. The van der Waals surface area contributed by atoms with Crippen LogP contribution in [0, 0.1) is 39.4 Å². The number of carbonyl (C=O) groups is 1. The fourth-order valence-electron chi connectivity index (χ4n) is 2.89. The molecule has 1 heterocycles. The molecular weight excluding hydrogens is 292 g/mol. The smallest absolute Gasteiger partial charge is 0.201 e. The minimum atomic E-state index is -1.91. The Hall–Kier alpha value is -3.30. The van der Waals surface area contributed by atoms with Crippen LogP contribution in [-0.2, 0) is 9.53 Å². The van der Waals surface area contributed by atoms with Crippen LogP contribution < -0.4 is 5.73 Å². The number of benzene rings is 1. The lowest BCUT2D eigenvalue weighted by molar-refractivity contribution is -0.147. The summed E-state index contributed by atoms with van der Waals surface area (Å²) in [7, 11) is 0. The van der Waals surface area contributed by atoms with Gasteiger partial charge in [-0.15, -0.1) is 0 Å². The standard InChI is InChI=1S/C17H14N4O2/c1-11(22)16(2)17(9-19,10-20)14(12-6-4-3-5-7-12)13(8-18)15(21)23-16/h3-7,14H,21H2,1-2H3/t14-,16-/m0/s1. The Labute approximate surface area is 134 Å². The van der Waals surface area contributed by atoms with E-state index in [2.05, 4.69) is 0 Å². The number of carbonyl (C=O) groups excluding carboxylic acids is 1. The number of ether oxygens (including phenoxy) is 1. The summed E-state index contributed by atoms with van der Waals surface area (Å²) in [6.07, 6.45) is 0. The first-order valence-electron chi connectivity index (χ1n) is 6.85. The number of nitrogens with zero attached hydrogens (tertiary/aromatic N) is 3. The third-order valence-electron chi connectivity index (χ3n) is 4.33. The van der Waals surface area contributed by atoms with Gasteiger partial charge < -0.3 is 10.5 Å². The van der Waals surface area contributed by atoms with Crippen LogP contribution in [0.25, 0.3) is 0 Å². The topological polar surface area (TPSA) is 124 Å². The van der Waals surface area contributed by atoms with Crippen LogP contribution in [0.5, 0.6) is 0 Å². The Morgan fingerprint density at radius 3 is 2.22 bits per heavy atom. The van der Waals surface area contributed by atoms with Crippen LogP contribution in [0.3, 0.4) is 0 Å². The molecule has 23 heavy (non-hydrogen) atoms. The zero-order valence-electron chi connectivity index (χ0n) is 12.7. The molecule has 6 nitrogen and oxygen atoms in total. The Morgan fingerprint density at radius 1 is 1.22 bits per heavy atom. The molecule has 2 atom stereocenters. The van der Waals surface area contributed by atoms with Gasteiger partial charge in [0.15, 0.2) is 17.3 Å². The van der Waals surface area contributed by atoms with E-state index in [4.69, 9.17) is 10.5 Å². The zero-order valence-corrected chi connectivity index (χ0v) is 12.7. The number of nitrogens with two attached hydrogens (primary N) is 1. The predicted molar refractivity (Wildman–Crippen MR) is 79.8 cm³/mol. The van der Waals surface area contributed by atoms with Crippen molar-refractivity contribution in [1.82, 2.24) is 0 Å². The van der Waals surface area contributed by atoms with E-state index in [1.807, 2.05) is 18.2 Å². The van der Waals surface area contributed by atoms with Gasteiger partial charge in [-0.1, -0.05) is 30.3 Å². The monoisotopic (exact) mass is 306 g/mol. The number of rotatable bonds is 2. The van der Waals surface area contributed by atoms with Gasteiger partial charge in [0.1, 0.15) is 6.07 Å². The van der Waals surface area contributed by atoms with E-state index in [9.17, 15) is 20.6 Å². The summed E-state index contributed by atoms with van der Waals surface area (Å²) in [6.45, 7) is 2.59. The number of ketones is 1. The Bertz CT molecular complexity index is 794. The highest BCUT2D eigenvalue weighted by Crippen LogP contribution is 2.53. The van der Waals surface area contributed by atoms with Crippen molar-refractivity contribution >= 4 is 5.78 Å².